The maximum atomic E-state index is 13.8. The molecule has 0 radical (unpaired) electrons. The van der Waals surface area contributed by atoms with Crippen LogP contribution in [0.15, 0.2) is 30.3 Å². The van der Waals surface area contributed by atoms with Gasteiger partial charge in [0, 0.05) is 25.7 Å². The van der Waals surface area contributed by atoms with Crippen molar-refractivity contribution in [1.29, 1.82) is 0 Å². The SMILES string of the molecule is Cn1nc(-c2ccccc2F)cc1C(=O)NCCN1CCCC1. The zero-order chi connectivity index (χ0) is 16.2. The van der Waals surface area contributed by atoms with E-state index >= 15 is 0 Å². The summed E-state index contributed by atoms with van der Waals surface area (Å²) in [6.45, 7) is 3.70. The minimum absolute atomic E-state index is 0.179. The van der Waals surface area contributed by atoms with Gasteiger partial charge in [-0.05, 0) is 44.1 Å². The lowest BCUT2D eigenvalue weighted by Crippen LogP contribution is -2.34. The fourth-order valence-corrected chi connectivity index (χ4v) is 2.90. The number of hydrogen-bond donors (Lipinski definition) is 1. The summed E-state index contributed by atoms with van der Waals surface area (Å²) in [5.74, 6) is -0.520. The summed E-state index contributed by atoms with van der Waals surface area (Å²) in [5, 5.41) is 7.16. The Bertz CT molecular complexity index is 692. The minimum Gasteiger partial charge on any atom is -0.349 e. The molecule has 0 unspecified atom stereocenters. The van der Waals surface area contributed by atoms with Crippen molar-refractivity contribution in [3.63, 3.8) is 0 Å². The highest BCUT2D eigenvalue weighted by Gasteiger charge is 2.16. The van der Waals surface area contributed by atoms with Gasteiger partial charge in [-0.25, -0.2) is 4.39 Å². The fourth-order valence-electron chi connectivity index (χ4n) is 2.90. The number of amides is 1. The zero-order valence-corrected chi connectivity index (χ0v) is 13.3. The lowest BCUT2D eigenvalue weighted by Gasteiger charge is -2.14. The molecule has 23 heavy (non-hydrogen) atoms. The molecule has 3 rings (SSSR count). The summed E-state index contributed by atoms with van der Waals surface area (Å²) in [7, 11) is 1.69. The van der Waals surface area contributed by atoms with Crippen LogP contribution in [0.2, 0.25) is 0 Å². The molecule has 1 N–H and O–H groups in total. The Morgan fingerprint density at radius 1 is 1.30 bits per heavy atom. The highest BCUT2D eigenvalue weighted by atomic mass is 19.1. The van der Waals surface area contributed by atoms with Crippen LogP contribution in [0.5, 0.6) is 0 Å². The van der Waals surface area contributed by atoms with Crippen LogP contribution < -0.4 is 5.32 Å². The van der Waals surface area contributed by atoms with Gasteiger partial charge in [0.25, 0.3) is 5.91 Å². The molecule has 0 atom stereocenters. The molecular formula is C17H21FN4O. The molecule has 1 fully saturated rings. The third-order valence-corrected chi connectivity index (χ3v) is 4.17. The molecule has 5 nitrogen and oxygen atoms in total. The van der Waals surface area contributed by atoms with Crippen molar-refractivity contribution in [2.45, 2.75) is 12.8 Å². The van der Waals surface area contributed by atoms with Crippen LogP contribution in [0.25, 0.3) is 11.3 Å². The van der Waals surface area contributed by atoms with Crippen molar-refractivity contribution in [2.24, 2.45) is 7.05 Å². The van der Waals surface area contributed by atoms with Crippen LogP contribution in [-0.2, 0) is 7.05 Å². The van der Waals surface area contributed by atoms with Gasteiger partial charge in [0.05, 0.1) is 5.69 Å². The first-order valence-electron chi connectivity index (χ1n) is 7.94. The Labute approximate surface area is 135 Å². The fraction of sp³-hybridized carbons (Fsp3) is 0.412. The lowest BCUT2D eigenvalue weighted by molar-refractivity contribution is 0.0940. The molecule has 0 saturated carbocycles. The van der Waals surface area contributed by atoms with Crippen LogP contribution in [-0.4, -0.2) is 46.8 Å². The van der Waals surface area contributed by atoms with Crippen molar-refractivity contribution in [3.05, 3.63) is 41.8 Å². The van der Waals surface area contributed by atoms with Crippen molar-refractivity contribution >= 4 is 5.91 Å². The van der Waals surface area contributed by atoms with E-state index in [1.165, 1.54) is 23.6 Å². The quantitative estimate of drug-likeness (QED) is 0.918. The van der Waals surface area contributed by atoms with E-state index in [4.69, 9.17) is 0 Å². The molecule has 0 bridgehead atoms. The average Bonchev–Trinajstić information content (AvgIpc) is 3.17. The summed E-state index contributed by atoms with van der Waals surface area (Å²) in [6.07, 6.45) is 2.48. The summed E-state index contributed by atoms with van der Waals surface area (Å²) < 4.78 is 15.3. The number of hydrogen-bond acceptors (Lipinski definition) is 3. The zero-order valence-electron chi connectivity index (χ0n) is 13.3. The number of halogens is 1. The molecule has 1 aliphatic heterocycles. The van der Waals surface area contributed by atoms with Gasteiger partial charge < -0.3 is 10.2 Å². The van der Waals surface area contributed by atoms with E-state index in [0.717, 1.165) is 19.6 Å². The van der Waals surface area contributed by atoms with Gasteiger partial charge in [0.1, 0.15) is 11.5 Å². The van der Waals surface area contributed by atoms with Gasteiger partial charge in [-0.1, -0.05) is 12.1 Å². The third kappa shape index (κ3) is 3.59. The highest BCUT2D eigenvalue weighted by Crippen LogP contribution is 2.21. The number of benzene rings is 1. The Kier molecular flexibility index (Phi) is 4.71. The number of carbonyl (C=O) groups is 1. The Hall–Kier alpha value is -2.21. The monoisotopic (exact) mass is 316 g/mol. The largest absolute Gasteiger partial charge is 0.349 e. The molecule has 0 spiro atoms. The molecule has 1 aromatic carbocycles. The Morgan fingerprint density at radius 3 is 2.78 bits per heavy atom. The van der Waals surface area contributed by atoms with Crippen molar-refractivity contribution in [3.8, 4) is 11.3 Å². The maximum absolute atomic E-state index is 13.8. The second kappa shape index (κ2) is 6.91. The molecule has 0 aliphatic carbocycles. The second-order valence-corrected chi connectivity index (χ2v) is 5.82. The number of aromatic nitrogens is 2. The van der Waals surface area contributed by atoms with Gasteiger partial charge in [-0.3, -0.25) is 9.48 Å². The first-order chi connectivity index (χ1) is 11.1. The summed E-state index contributed by atoms with van der Waals surface area (Å²) in [4.78, 5) is 14.6. The van der Waals surface area contributed by atoms with Crippen LogP contribution in [0.1, 0.15) is 23.3 Å². The molecular weight excluding hydrogens is 295 g/mol. The van der Waals surface area contributed by atoms with Crippen LogP contribution in [0.4, 0.5) is 4.39 Å². The standard InChI is InChI=1S/C17H21FN4O/c1-21-16(17(23)19-8-11-22-9-4-5-10-22)12-15(20-21)13-6-2-3-7-14(13)18/h2-3,6-7,12H,4-5,8-11H2,1H3,(H,19,23). The van der Waals surface area contributed by atoms with Crippen LogP contribution in [0.3, 0.4) is 0 Å². The van der Waals surface area contributed by atoms with Gasteiger partial charge in [-0.15, -0.1) is 0 Å². The van der Waals surface area contributed by atoms with Gasteiger partial charge in [0.2, 0.25) is 0 Å². The molecule has 2 heterocycles. The van der Waals surface area contributed by atoms with Crippen LogP contribution >= 0.6 is 0 Å². The third-order valence-electron chi connectivity index (χ3n) is 4.17. The first kappa shape index (κ1) is 15.7. The summed E-state index contributed by atoms with van der Waals surface area (Å²) in [6, 6.07) is 8.06. The molecule has 6 heteroatoms. The number of likely N-dealkylation sites (tertiary alicyclic amines) is 1. The predicted molar refractivity (Wildman–Crippen MR) is 86.6 cm³/mol. The van der Waals surface area contributed by atoms with Gasteiger partial charge in [-0.2, -0.15) is 5.10 Å². The first-order valence-corrected chi connectivity index (χ1v) is 7.94. The topological polar surface area (TPSA) is 50.2 Å². The number of nitrogens with zero attached hydrogens (tertiary/aromatic N) is 3. The Balaban J connectivity index is 1.65. The number of aryl methyl sites for hydroxylation is 1. The highest BCUT2D eigenvalue weighted by molar-refractivity contribution is 5.93. The van der Waals surface area contributed by atoms with Crippen molar-refractivity contribution in [2.75, 3.05) is 26.2 Å². The maximum Gasteiger partial charge on any atom is 0.269 e. The predicted octanol–water partition coefficient (Wildman–Crippen LogP) is 2.05. The average molecular weight is 316 g/mol. The van der Waals surface area contributed by atoms with Crippen LogP contribution in [0, 0.1) is 5.82 Å². The van der Waals surface area contributed by atoms with E-state index in [9.17, 15) is 9.18 Å². The molecule has 2 aromatic rings. The van der Waals surface area contributed by atoms with Crippen molar-refractivity contribution < 1.29 is 9.18 Å². The number of rotatable bonds is 5. The summed E-state index contributed by atoms with van der Waals surface area (Å²) >= 11 is 0. The Morgan fingerprint density at radius 2 is 2.04 bits per heavy atom. The number of carbonyl (C=O) groups excluding carboxylic acids is 1. The van der Waals surface area contributed by atoms with Gasteiger partial charge in [0.15, 0.2) is 0 Å². The van der Waals surface area contributed by atoms with E-state index in [-0.39, 0.29) is 11.7 Å². The van der Waals surface area contributed by atoms with E-state index in [2.05, 4.69) is 15.3 Å². The van der Waals surface area contributed by atoms with E-state index in [1.807, 2.05) is 0 Å². The van der Waals surface area contributed by atoms with E-state index < -0.39 is 0 Å². The second-order valence-electron chi connectivity index (χ2n) is 5.82. The molecule has 1 saturated heterocycles. The minimum atomic E-state index is -0.341. The van der Waals surface area contributed by atoms with E-state index in [0.29, 0.717) is 23.5 Å². The number of nitrogens with one attached hydrogen (secondary N) is 1. The van der Waals surface area contributed by atoms with Crippen molar-refractivity contribution in [1.82, 2.24) is 20.0 Å². The normalized spacial score (nSPS) is 15.0. The van der Waals surface area contributed by atoms with E-state index in [1.54, 1.807) is 31.3 Å². The lowest BCUT2D eigenvalue weighted by atomic mass is 10.1. The van der Waals surface area contributed by atoms with Gasteiger partial charge >= 0.3 is 0 Å². The molecule has 122 valence electrons. The molecule has 1 aliphatic rings. The molecule has 1 aromatic heterocycles. The summed E-state index contributed by atoms with van der Waals surface area (Å²) in [5.41, 5.74) is 1.30. The molecule has 1 amide bonds. The smallest absolute Gasteiger partial charge is 0.269 e.